The molecule has 3 rings (SSSR count). The Labute approximate surface area is 163 Å². The molecule has 0 aromatic carbocycles. The second-order valence-electron chi connectivity index (χ2n) is 6.50. The Morgan fingerprint density at radius 1 is 1.38 bits per heavy atom. The summed E-state index contributed by atoms with van der Waals surface area (Å²) in [6.07, 6.45) is 3.21. The topological polar surface area (TPSA) is 55.4 Å². The van der Waals surface area contributed by atoms with E-state index in [0.29, 0.717) is 12.0 Å². The summed E-state index contributed by atoms with van der Waals surface area (Å²) in [6.45, 7) is 6.17. The van der Waals surface area contributed by atoms with Crippen LogP contribution in [0.1, 0.15) is 56.4 Å². The van der Waals surface area contributed by atoms with Crippen molar-refractivity contribution in [3.63, 3.8) is 0 Å². The molecule has 1 unspecified atom stereocenters. The summed E-state index contributed by atoms with van der Waals surface area (Å²) in [7, 11) is 1.40. The maximum absolute atomic E-state index is 12.8. The molecule has 1 aliphatic heterocycles. The number of allylic oxidation sites excluding steroid dienone is 3. The van der Waals surface area contributed by atoms with Crippen LogP contribution in [0.2, 0.25) is 0 Å². The lowest BCUT2D eigenvalue weighted by atomic mass is 9.76. The summed E-state index contributed by atoms with van der Waals surface area (Å²) in [5.41, 5.74) is 4.20. The summed E-state index contributed by atoms with van der Waals surface area (Å²) in [5.74, 6) is 0.422. The molecular formula is C20H25NO3S2. The van der Waals surface area contributed by atoms with E-state index in [9.17, 15) is 9.59 Å². The van der Waals surface area contributed by atoms with Crippen LogP contribution in [0.3, 0.4) is 0 Å². The number of aryl methyl sites for hydroxylation is 1. The fourth-order valence-corrected chi connectivity index (χ4v) is 6.11. The fourth-order valence-electron chi connectivity index (χ4n) is 3.73. The Morgan fingerprint density at radius 2 is 2.15 bits per heavy atom. The molecule has 0 radical (unpaired) electrons. The van der Waals surface area contributed by atoms with Gasteiger partial charge in [-0.3, -0.25) is 4.79 Å². The predicted molar refractivity (Wildman–Crippen MR) is 107 cm³/mol. The average molecular weight is 392 g/mol. The van der Waals surface area contributed by atoms with Crippen molar-refractivity contribution in [1.82, 2.24) is 5.32 Å². The molecule has 6 heteroatoms. The number of hydrogen-bond donors (Lipinski definition) is 1. The Hall–Kier alpha value is -1.53. The first-order chi connectivity index (χ1) is 12.5. The zero-order valence-electron chi connectivity index (χ0n) is 15.7. The summed E-state index contributed by atoms with van der Waals surface area (Å²) >= 11 is 3.56. The van der Waals surface area contributed by atoms with Crippen molar-refractivity contribution in [1.29, 1.82) is 0 Å². The second kappa shape index (κ2) is 8.01. The number of methoxy groups -OCH3 is 1. The highest BCUT2D eigenvalue weighted by Crippen LogP contribution is 2.47. The van der Waals surface area contributed by atoms with E-state index in [0.717, 1.165) is 47.5 Å². The van der Waals surface area contributed by atoms with Crippen molar-refractivity contribution in [3.8, 4) is 0 Å². The number of ketones is 1. The monoisotopic (exact) mass is 391 g/mol. The van der Waals surface area contributed by atoms with E-state index in [2.05, 4.69) is 25.2 Å². The number of esters is 1. The number of carbonyl (C=O) groups excluding carboxylic acids is 2. The van der Waals surface area contributed by atoms with Crippen molar-refractivity contribution < 1.29 is 14.3 Å². The Balaban J connectivity index is 2.22. The van der Waals surface area contributed by atoms with Gasteiger partial charge >= 0.3 is 5.97 Å². The van der Waals surface area contributed by atoms with Gasteiger partial charge in [0, 0.05) is 28.3 Å². The molecule has 0 fully saturated rings. The van der Waals surface area contributed by atoms with Gasteiger partial charge in [-0.25, -0.2) is 4.79 Å². The molecule has 1 atom stereocenters. The van der Waals surface area contributed by atoms with Gasteiger partial charge in [-0.15, -0.1) is 23.1 Å². The summed E-state index contributed by atoms with van der Waals surface area (Å²) in [4.78, 5) is 26.8. The van der Waals surface area contributed by atoms with Crippen molar-refractivity contribution >= 4 is 34.9 Å². The largest absolute Gasteiger partial charge is 0.466 e. The molecule has 140 valence electrons. The van der Waals surface area contributed by atoms with Crippen molar-refractivity contribution in [3.05, 3.63) is 39.0 Å². The second-order valence-corrected chi connectivity index (χ2v) is 9.17. The molecule has 0 amide bonds. The number of Topliss-reactive ketones (excluding diaryl/α,β-unsaturated/α-hetero) is 1. The third-order valence-corrected chi connectivity index (χ3v) is 7.37. The lowest BCUT2D eigenvalue weighted by Gasteiger charge is -2.34. The third-order valence-electron chi connectivity index (χ3n) is 4.89. The van der Waals surface area contributed by atoms with Gasteiger partial charge in [-0.1, -0.05) is 13.8 Å². The van der Waals surface area contributed by atoms with Crippen molar-refractivity contribution in [2.24, 2.45) is 0 Å². The van der Waals surface area contributed by atoms with Gasteiger partial charge in [-0.05, 0) is 43.6 Å². The van der Waals surface area contributed by atoms with Gasteiger partial charge in [0.15, 0.2) is 5.78 Å². The first-order valence-corrected chi connectivity index (χ1v) is 10.9. The van der Waals surface area contributed by atoms with Crippen LogP contribution in [-0.2, 0) is 20.7 Å². The molecule has 0 spiro atoms. The fraction of sp³-hybridized carbons (Fsp3) is 0.500. The van der Waals surface area contributed by atoms with Crippen LogP contribution in [0.4, 0.5) is 0 Å². The number of rotatable bonds is 5. The number of nitrogens with one attached hydrogen (secondary N) is 1. The minimum atomic E-state index is -0.360. The van der Waals surface area contributed by atoms with Crippen molar-refractivity contribution in [2.75, 3.05) is 12.9 Å². The molecule has 2 aliphatic rings. The number of thiophene rings is 1. The van der Waals surface area contributed by atoms with Gasteiger partial charge < -0.3 is 10.1 Å². The Bertz CT molecular complexity index is 804. The van der Waals surface area contributed by atoms with Crippen LogP contribution in [0.25, 0.3) is 0 Å². The normalized spacial score (nSPS) is 20.2. The molecule has 4 nitrogen and oxygen atoms in total. The van der Waals surface area contributed by atoms with Gasteiger partial charge in [0.1, 0.15) is 0 Å². The molecule has 2 heterocycles. The first-order valence-electron chi connectivity index (χ1n) is 9.09. The molecule has 0 bridgehead atoms. The van der Waals surface area contributed by atoms with Gasteiger partial charge in [0.25, 0.3) is 0 Å². The molecular weight excluding hydrogens is 366 g/mol. The van der Waals surface area contributed by atoms with E-state index in [-0.39, 0.29) is 17.7 Å². The zero-order valence-corrected chi connectivity index (χ0v) is 17.4. The summed E-state index contributed by atoms with van der Waals surface area (Å²) < 4.78 is 6.29. The number of hydrogen-bond acceptors (Lipinski definition) is 6. The number of carbonyl (C=O) groups is 2. The van der Waals surface area contributed by atoms with Gasteiger partial charge in [0.05, 0.1) is 22.8 Å². The van der Waals surface area contributed by atoms with Crippen LogP contribution >= 0.6 is 23.1 Å². The standard InChI is InChI=1S/C20H25NO3S2/c1-5-12-10-13(20(26-12)25-6-2)17-16(19(23)24-4)11(3)21-14-8-7-9-15(22)18(14)17/h10,17,21H,5-9H2,1-4H3. The minimum absolute atomic E-state index is 0.148. The van der Waals surface area contributed by atoms with E-state index in [1.807, 2.05) is 6.92 Å². The molecule has 1 aromatic heterocycles. The molecule has 26 heavy (non-hydrogen) atoms. The van der Waals surface area contributed by atoms with E-state index >= 15 is 0 Å². The van der Waals surface area contributed by atoms with E-state index in [1.54, 1.807) is 23.1 Å². The van der Waals surface area contributed by atoms with E-state index in [4.69, 9.17) is 4.74 Å². The van der Waals surface area contributed by atoms with Crippen LogP contribution in [0.5, 0.6) is 0 Å². The van der Waals surface area contributed by atoms with E-state index in [1.165, 1.54) is 16.2 Å². The molecule has 0 saturated heterocycles. The highest BCUT2D eigenvalue weighted by molar-refractivity contribution is 8.01. The van der Waals surface area contributed by atoms with Crippen LogP contribution in [0.15, 0.2) is 32.8 Å². The average Bonchev–Trinajstić information content (AvgIpc) is 3.03. The number of dihydropyridines is 1. The molecule has 1 aromatic rings. The van der Waals surface area contributed by atoms with Crippen LogP contribution in [-0.4, -0.2) is 24.6 Å². The Morgan fingerprint density at radius 3 is 2.81 bits per heavy atom. The molecule has 1 aliphatic carbocycles. The van der Waals surface area contributed by atoms with Crippen LogP contribution in [0, 0.1) is 0 Å². The van der Waals surface area contributed by atoms with Crippen molar-refractivity contribution in [2.45, 2.75) is 56.6 Å². The maximum atomic E-state index is 12.8. The minimum Gasteiger partial charge on any atom is -0.466 e. The highest BCUT2D eigenvalue weighted by Gasteiger charge is 2.40. The summed E-state index contributed by atoms with van der Waals surface area (Å²) in [5, 5.41) is 3.32. The smallest absolute Gasteiger partial charge is 0.336 e. The quantitative estimate of drug-likeness (QED) is 0.589. The zero-order chi connectivity index (χ0) is 18.8. The number of ether oxygens (including phenoxy) is 1. The summed E-state index contributed by atoms with van der Waals surface area (Å²) in [6, 6.07) is 2.18. The number of thioether (sulfide) groups is 1. The predicted octanol–water partition coefficient (Wildman–Crippen LogP) is 4.56. The lowest BCUT2D eigenvalue weighted by Crippen LogP contribution is -2.34. The van der Waals surface area contributed by atoms with Gasteiger partial charge in [-0.2, -0.15) is 0 Å². The molecule has 0 saturated carbocycles. The van der Waals surface area contributed by atoms with Crippen LogP contribution < -0.4 is 5.32 Å². The highest BCUT2D eigenvalue weighted by atomic mass is 32.2. The van der Waals surface area contributed by atoms with E-state index < -0.39 is 0 Å². The molecule has 1 N–H and O–H groups in total. The first kappa shape index (κ1) is 19.2. The maximum Gasteiger partial charge on any atom is 0.336 e. The third kappa shape index (κ3) is 3.37. The SMILES string of the molecule is CCSc1sc(CC)cc1C1C(C(=O)OC)=C(C)NC2=C1C(=O)CCC2. The van der Waals surface area contributed by atoms with Gasteiger partial charge in [0.2, 0.25) is 0 Å². The Kier molecular flexibility index (Phi) is 5.92. The lowest BCUT2D eigenvalue weighted by molar-refractivity contribution is -0.136.